The predicted octanol–water partition coefficient (Wildman–Crippen LogP) is 1.13. The van der Waals surface area contributed by atoms with Gasteiger partial charge in [-0.3, -0.25) is 4.79 Å². The molecular weight excluding hydrogens is 178 g/mol. The third-order valence-corrected chi connectivity index (χ3v) is 1.88. The van der Waals surface area contributed by atoms with Crippen LogP contribution in [0.15, 0.2) is 18.3 Å². The van der Waals surface area contributed by atoms with E-state index in [2.05, 4.69) is 10.3 Å². The van der Waals surface area contributed by atoms with E-state index < -0.39 is 0 Å². The van der Waals surface area contributed by atoms with E-state index in [1.54, 1.807) is 12.3 Å². The van der Waals surface area contributed by atoms with Crippen molar-refractivity contribution in [2.24, 2.45) is 11.7 Å². The maximum atomic E-state index is 11.4. The molecule has 0 saturated carbocycles. The molecular formula is C10H15N3O. The largest absolute Gasteiger partial charge is 0.326 e. The maximum Gasteiger partial charge on any atom is 0.228 e. The highest BCUT2D eigenvalue weighted by Crippen LogP contribution is 2.11. The minimum absolute atomic E-state index is 0.0431. The van der Waals surface area contributed by atoms with Gasteiger partial charge in [0.15, 0.2) is 0 Å². The highest BCUT2D eigenvalue weighted by molar-refractivity contribution is 5.91. The number of anilines is 1. The van der Waals surface area contributed by atoms with E-state index in [1.807, 2.05) is 19.9 Å². The third-order valence-electron chi connectivity index (χ3n) is 1.88. The summed E-state index contributed by atoms with van der Waals surface area (Å²) in [5, 5.41) is 2.73. The molecule has 0 bridgehead atoms. The van der Waals surface area contributed by atoms with Crippen molar-refractivity contribution in [2.45, 2.75) is 20.4 Å². The summed E-state index contributed by atoms with van der Waals surface area (Å²) in [6, 6.07) is 3.65. The van der Waals surface area contributed by atoms with Crippen molar-refractivity contribution in [1.82, 2.24) is 4.98 Å². The van der Waals surface area contributed by atoms with Crippen LogP contribution in [0.4, 0.5) is 5.82 Å². The van der Waals surface area contributed by atoms with Crippen molar-refractivity contribution < 1.29 is 4.79 Å². The Hall–Kier alpha value is -1.42. The average Bonchev–Trinajstić information content (AvgIpc) is 2.18. The molecule has 0 aliphatic heterocycles. The van der Waals surface area contributed by atoms with Crippen molar-refractivity contribution in [3.05, 3.63) is 23.9 Å². The molecule has 1 aromatic rings. The van der Waals surface area contributed by atoms with Crippen LogP contribution in [0.25, 0.3) is 0 Å². The zero-order valence-corrected chi connectivity index (χ0v) is 8.45. The van der Waals surface area contributed by atoms with Gasteiger partial charge in [0.2, 0.25) is 5.91 Å². The van der Waals surface area contributed by atoms with E-state index in [-0.39, 0.29) is 11.8 Å². The topological polar surface area (TPSA) is 68.0 Å². The number of hydrogen-bond donors (Lipinski definition) is 2. The smallest absolute Gasteiger partial charge is 0.228 e. The van der Waals surface area contributed by atoms with Crippen molar-refractivity contribution in [2.75, 3.05) is 5.32 Å². The number of aromatic nitrogens is 1. The number of carbonyl (C=O) groups is 1. The Kier molecular flexibility index (Phi) is 3.59. The van der Waals surface area contributed by atoms with Gasteiger partial charge in [-0.25, -0.2) is 4.98 Å². The molecule has 0 aliphatic carbocycles. The first-order valence-electron chi connectivity index (χ1n) is 4.60. The number of rotatable bonds is 3. The molecule has 0 unspecified atom stereocenters. The summed E-state index contributed by atoms with van der Waals surface area (Å²) in [7, 11) is 0. The Morgan fingerprint density at radius 3 is 2.93 bits per heavy atom. The summed E-state index contributed by atoms with van der Waals surface area (Å²) < 4.78 is 0. The minimum atomic E-state index is -0.0531. The van der Waals surface area contributed by atoms with Gasteiger partial charge in [-0.1, -0.05) is 19.9 Å². The highest BCUT2D eigenvalue weighted by atomic mass is 16.1. The second-order valence-corrected chi connectivity index (χ2v) is 3.36. The van der Waals surface area contributed by atoms with Gasteiger partial charge in [-0.15, -0.1) is 0 Å². The maximum absolute atomic E-state index is 11.4. The number of amides is 1. The van der Waals surface area contributed by atoms with Crippen LogP contribution < -0.4 is 11.1 Å². The number of nitrogens with one attached hydrogen (secondary N) is 1. The zero-order valence-electron chi connectivity index (χ0n) is 8.45. The lowest BCUT2D eigenvalue weighted by Gasteiger charge is -2.09. The van der Waals surface area contributed by atoms with Crippen molar-refractivity contribution in [1.29, 1.82) is 0 Å². The first-order chi connectivity index (χ1) is 6.65. The van der Waals surface area contributed by atoms with Crippen molar-refractivity contribution in [3.63, 3.8) is 0 Å². The lowest BCUT2D eigenvalue weighted by Crippen LogP contribution is -2.20. The van der Waals surface area contributed by atoms with Gasteiger partial charge in [0, 0.05) is 24.2 Å². The van der Waals surface area contributed by atoms with Gasteiger partial charge in [-0.2, -0.15) is 0 Å². The van der Waals surface area contributed by atoms with E-state index in [4.69, 9.17) is 5.73 Å². The molecule has 14 heavy (non-hydrogen) atoms. The summed E-state index contributed by atoms with van der Waals surface area (Å²) in [6.07, 6.45) is 1.63. The van der Waals surface area contributed by atoms with Gasteiger partial charge in [-0.05, 0) is 6.07 Å². The van der Waals surface area contributed by atoms with E-state index in [0.717, 1.165) is 5.56 Å². The van der Waals surface area contributed by atoms with Gasteiger partial charge in [0.25, 0.3) is 0 Å². The first-order valence-corrected chi connectivity index (χ1v) is 4.60. The first kappa shape index (κ1) is 10.7. The molecule has 1 aromatic heterocycles. The van der Waals surface area contributed by atoms with Gasteiger partial charge < -0.3 is 11.1 Å². The standard InChI is InChI=1S/C10H15N3O/c1-7(2)10(14)13-9-8(6-11)4-3-5-12-9/h3-5,7H,6,11H2,1-2H3,(H,12,13,14). The fourth-order valence-corrected chi connectivity index (χ4v) is 0.977. The quantitative estimate of drug-likeness (QED) is 0.756. The molecule has 4 heteroatoms. The Morgan fingerprint density at radius 2 is 2.36 bits per heavy atom. The fourth-order valence-electron chi connectivity index (χ4n) is 0.977. The summed E-state index contributed by atoms with van der Waals surface area (Å²) in [5.74, 6) is 0.467. The Balaban J connectivity index is 2.80. The summed E-state index contributed by atoms with van der Waals surface area (Å²) >= 11 is 0. The molecule has 1 rings (SSSR count). The molecule has 4 nitrogen and oxygen atoms in total. The Labute approximate surface area is 83.5 Å². The number of nitrogens with two attached hydrogens (primary N) is 1. The SMILES string of the molecule is CC(C)C(=O)Nc1ncccc1CN. The molecule has 0 fully saturated rings. The number of hydrogen-bond acceptors (Lipinski definition) is 3. The molecule has 1 amide bonds. The Bertz CT molecular complexity index is 323. The third kappa shape index (κ3) is 2.53. The lowest BCUT2D eigenvalue weighted by atomic mass is 10.2. The molecule has 0 radical (unpaired) electrons. The molecule has 1 heterocycles. The zero-order chi connectivity index (χ0) is 10.6. The monoisotopic (exact) mass is 193 g/mol. The van der Waals surface area contributed by atoms with Crippen molar-refractivity contribution >= 4 is 11.7 Å². The summed E-state index contributed by atoms with van der Waals surface area (Å²) in [4.78, 5) is 15.4. The fraction of sp³-hybridized carbons (Fsp3) is 0.400. The van der Waals surface area contributed by atoms with E-state index >= 15 is 0 Å². The molecule has 0 atom stereocenters. The lowest BCUT2D eigenvalue weighted by molar-refractivity contribution is -0.118. The van der Waals surface area contributed by atoms with Crippen LogP contribution in [0.2, 0.25) is 0 Å². The molecule has 0 aliphatic rings. The minimum Gasteiger partial charge on any atom is -0.326 e. The van der Waals surface area contributed by atoms with Crippen LogP contribution in [-0.4, -0.2) is 10.9 Å². The summed E-state index contributed by atoms with van der Waals surface area (Å²) in [5.41, 5.74) is 6.36. The van der Waals surface area contributed by atoms with Crippen LogP contribution in [0.1, 0.15) is 19.4 Å². The van der Waals surface area contributed by atoms with E-state index in [9.17, 15) is 4.79 Å². The average molecular weight is 193 g/mol. The predicted molar refractivity (Wildman–Crippen MR) is 55.6 cm³/mol. The molecule has 76 valence electrons. The van der Waals surface area contributed by atoms with E-state index in [1.165, 1.54) is 0 Å². The molecule has 3 N–H and O–H groups in total. The van der Waals surface area contributed by atoms with Crippen molar-refractivity contribution in [3.8, 4) is 0 Å². The van der Waals surface area contributed by atoms with Gasteiger partial charge in [0.1, 0.15) is 5.82 Å². The number of pyridine rings is 1. The highest BCUT2D eigenvalue weighted by Gasteiger charge is 2.09. The Morgan fingerprint density at radius 1 is 1.64 bits per heavy atom. The van der Waals surface area contributed by atoms with Crippen LogP contribution in [0, 0.1) is 5.92 Å². The normalized spacial score (nSPS) is 10.3. The van der Waals surface area contributed by atoms with E-state index in [0.29, 0.717) is 12.4 Å². The van der Waals surface area contributed by atoms with Gasteiger partial charge >= 0.3 is 0 Å². The van der Waals surface area contributed by atoms with Crippen LogP contribution in [0.3, 0.4) is 0 Å². The summed E-state index contributed by atoms with van der Waals surface area (Å²) in [6.45, 7) is 4.04. The van der Waals surface area contributed by atoms with Crippen LogP contribution in [0.5, 0.6) is 0 Å². The van der Waals surface area contributed by atoms with Crippen LogP contribution in [-0.2, 0) is 11.3 Å². The van der Waals surface area contributed by atoms with Crippen LogP contribution >= 0.6 is 0 Å². The molecule has 0 aromatic carbocycles. The second kappa shape index (κ2) is 4.72. The molecule has 0 saturated heterocycles. The number of carbonyl (C=O) groups excluding carboxylic acids is 1. The molecule has 0 spiro atoms. The van der Waals surface area contributed by atoms with Gasteiger partial charge in [0.05, 0.1) is 0 Å². The number of nitrogens with zero attached hydrogens (tertiary/aromatic N) is 1. The second-order valence-electron chi connectivity index (χ2n) is 3.36.